The Labute approximate surface area is 222 Å². The van der Waals surface area contributed by atoms with E-state index in [9.17, 15) is 14.4 Å². The van der Waals surface area contributed by atoms with Gasteiger partial charge >= 0.3 is 0 Å². The summed E-state index contributed by atoms with van der Waals surface area (Å²) >= 11 is 0.767. The number of hydrogen-bond acceptors (Lipinski definition) is 8. The summed E-state index contributed by atoms with van der Waals surface area (Å²) in [5.41, 5.74) is 13.0. The third-order valence-electron chi connectivity index (χ3n) is 6.39. The Morgan fingerprint density at radius 1 is 1.13 bits per heavy atom. The number of amides is 3. The summed E-state index contributed by atoms with van der Waals surface area (Å²) in [7, 11) is 0. The molecule has 2 aromatic carbocycles. The van der Waals surface area contributed by atoms with Crippen molar-refractivity contribution in [3.63, 3.8) is 0 Å². The molecule has 0 bridgehead atoms. The van der Waals surface area contributed by atoms with Crippen molar-refractivity contribution in [2.45, 2.75) is 25.0 Å². The highest BCUT2D eigenvalue weighted by molar-refractivity contribution is 7.09. The van der Waals surface area contributed by atoms with Gasteiger partial charge in [-0.15, -0.1) is 0 Å². The minimum Gasteiger partial charge on any atom is -0.395 e. The quantitative estimate of drug-likeness (QED) is 0.316. The second-order valence-corrected chi connectivity index (χ2v) is 9.66. The number of primary amides is 1. The third kappa shape index (κ3) is 5.06. The van der Waals surface area contributed by atoms with Crippen molar-refractivity contribution >= 4 is 51.5 Å². The van der Waals surface area contributed by atoms with E-state index < -0.39 is 17.9 Å². The standard InChI is InChI=1S/C27H26N6O4S/c28-21-22(25(29)34)32-38-24(21)27(36)33(18-7-2-1-3-8-18)23(26(35)31-15-19-9-5-13-37-19)17-10-11-20-16(14-17)6-4-12-30-20/h1-4,6-8,10-12,14,19,23H,5,9,13,15,28H2,(H2,29,34)(H,31,35)/t19-,23-/m0/s1. The fraction of sp³-hybridized carbons (Fsp3) is 0.222. The molecule has 10 nitrogen and oxygen atoms in total. The molecule has 194 valence electrons. The molecule has 5 N–H and O–H groups in total. The molecule has 0 unspecified atom stereocenters. The number of nitrogen functional groups attached to an aromatic ring is 1. The minimum atomic E-state index is -1.07. The van der Waals surface area contributed by atoms with Crippen molar-refractivity contribution in [2.75, 3.05) is 23.8 Å². The molecule has 3 amide bonds. The summed E-state index contributed by atoms with van der Waals surface area (Å²) in [6.07, 6.45) is 3.39. The Balaban J connectivity index is 1.62. The molecule has 0 spiro atoms. The molecule has 2 aromatic heterocycles. The maximum Gasteiger partial charge on any atom is 0.273 e. The third-order valence-corrected chi connectivity index (χ3v) is 7.24. The molecule has 0 aliphatic carbocycles. The second-order valence-electron chi connectivity index (χ2n) is 8.89. The van der Waals surface area contributed by atoms with Gasteiger partial charge in [0.05, 0.1) is 17.3 Å². The fourth-order valence-corrected chi connectivity index (χ4v) is 5.25. The van der Waals surface area contributed by atoms with Crippen LogP contribution in [0, 0.1) is 0 Å². The van der Waals surface area contributed by atoms with Crippen LogP contribution < -0.4 is 21.7 Å². The zero-order valence-electron chi connectivity index (χ0n) is 20.4. The van der Waals surface area contributed by atoms with E-state index in [1.165, 1.54) is 4.90 Å². The Morgan fingerprint density at radius 3 is 2.66 bits per heavy atom. The number of hydrogen-bond donors (Lipinski definition) is 3. The second kappa shape index (κ2) is 11.0. The Hall–Kier alpha value is -4.35. The number of carbonyl (C=O) groups is 3. The zero-order chi connectivity index (χ0) is 26.6. The summed E-state index contributed by atoms with van der Waals surface area (Å²) in [5.74, 6) is -1.81. The fourth-order valence-electron chi connectivity index (χ4n) is 4.51. The molecule has 5 rings (SSSR count). The van der Waals surface area contributed by atoms with E-state index in [4.69, 9.17) is 16.2 Å². The summed E-state index contributed by atoms with van der Waals surface area (Å²) in [4.78, 5) is 45.5. The normalized spacial score (nSPS) is 15.7. The summed E-state index contributed by atoms with van der Waals surface area (Å²) in [6.45, 7) is 0.971. The van der Waals surface area contributed by atoms with Crippen LogP contribution in [0.1, 0.15) is 44.6 Å². The Kier molecular flexibility index (Phi) is 7.29. The Morgan fingerprint density at radius 2 is 1.95 bits per heavy atom. The van der Waals surface area contributed by atoms with E-state index in [2.05, 4.69) is 14.7 Å². The van der Waals surface area contributed by atoms with Gasteiger partial charge in [-0.05, 0) is 60.3 Å². The zero-order valence-corrected chi connectivity index (χ0v) is 21.2. The van der Waals surface area contributed by atoms with Crippen LogP contribution in [0.4, 0.5) is 11.4 Å². The topological polar surface area (TPSA) is 154 Å². The lowest BCUT2D eigenvalue weighted by atomic mass is 10.00. The van der Waals surface area contributed by atoms with Crippen LogP contribution in [0.5, 0.6) is 0 Å². The molecule has 0 radical (unpaired) electrons. The molecule has 4 aromatic rings. The van der Waals surface area contributed by atoms with Gasteiger partial charge in [-0.1, -0.05) is 30.3 Å². The van der Waals surface area contributed by atoms with Crippen LogP contribution in [0.2, 0.25) is 0 Å². The van der Waals surface area contributed by atoms with Gasteiger partial charge in [0.15, 0.2) is 5.69 Å². The van der Waals surface area contributed by atoms with Gasteiger partial charge in [0, 0.05) is 30.4 Å². The maximum atomic E-state index is 14.1. The average molecular weight is 531 g/mol. The molecule has 1 aliphatic heterocycles. The van der Waals surface area contributed by atoms with Gasteiger partial charge in [-0.25, -0.2) is 0 Å². The molecule has 3 heterocycles. The number of nitrogens with two attached hydrogens (primary N) is 2. The highest BCUT2D eigenvalue weighted by Crippen LogP contribution is 2.34. The number of para-hydroxylation sites is 1. The molecule has 1 saturated heterocycles. The largest absolute Gasteiger partial charge is 0.395 e. The van der Waals surface area contributed by atoms with Gasteiger partial charge in [0.25, 0.3) is 11.8 Å². The molecule has 1 fully saturated rings. The molecular weight excluding hydrogens is 504 g/mol. The number of ether oxygens (including phenoxy) is 1. The van der Waals surface area contributed by atoms with E-state index in [-0.39, 0.29) is 28.3 Å². The molecule has 11 heteroatoms. The maximum absolute atomic E-state index is 14.1. The number of nitrogens with zero attached hydrogens (tertiary/aromatic N) is 3. The van der Waals surface area contributed by atoms with Crippen LogP contribution >= 0.6 is 11.5 Å². The van der Waals surface area contributed by atoms with Crippen molar-refractivity contribution in [2.24, 2.45) is 5.73 Å². The number of nitrogens with one attached hydrogen (secondary N) is 1. The van der Waals surface area contributed by atoms with Crippen LogP contribution in [0.15, 0.2) is 66.9 Å². The van der Waals surface area contributed by atoms with E-state index in [0.29, 0.717) is 24.4 Å². The lowest BCUT2D eigenvalue weighted by molar-refractivity contribution is -0.123. The molecule has 38 heavy (non-hydrogen) atoms. The van der Waals surface area contributed by atoms with E-state index in [1.54, 1.807) is 36.5 Å². The lowest BCUT2D eigenvalue weighted by Crippen LogP contribution is -2.45. The molecule has 0 saturated carbocycles. The van der Waals surface area contributed by atoms with Crippen molar-refractivity contribution in [1.82, 2.24) is 14.7 Å². The first-order valence-electron chi connectivity index (χ1n) is 12.1. The number of carbonyl (C=O) groups excluding carboxylic acids is 3. The van der Waals surface area contributed by atoms with Gasteiger partial charge in [-0.2, -0.15) is 4.37 Å². The van der Waals surface area contributed by atoms with Crippen LogP contribution in [-0.2, 0) is 9.53 Å². The van der Waals surface area contributed by atoms with E-state index >= 15 is 0 Å². The molecular formula is C27H26N6O4S. The summed E-state index contributed by atoms with van der Waals surface area (Å²) in [5, 5.41) is 3.79. The van der Waals surface area contributed by atoms with Gasteiger partial charge in [-0.3, -0.25) is 24.3 Å². The highest BCUT2D eigenvalue weighted by atomic mass is 32.1. The predicted molar refractivity (Wildman–Crippen MR) is 145 cm³/mol. The number of rotatable bonds is 8. The smallest absolute Gasteiger partial charge is 0.273 e. The first-order valence-corrected chi connectivity index (χ1v) is 12.9. The highest BCUT2D eigenvalue weighted by Gasteiger charge is 2.36. The molecule has 1 aliphatic rings. The van der Waals surface area contributed by atoms with Crippen LogP contribution in [-0.4, -0.2) is 46.3 Å². The average Bonchev–Trinajstić information content (AvgIpc) is 3.60. The van der Waals surface area contributed by atoms with Crippen LogP contribution in [0.3, 0.4) is 0 Å². The number of anilines is 2. The van der Waals surface area contributed by atoms with Gasteiger partial charge in [0.1, 0.15) is 10.9 Å². The summed E-state index contributed by atoms with van der Waals surface area (Å²) < 4.78 is 9.67. The SMILES string of the molecule is NC(=O)c1nsc(C(=O)N(c2ccccc2)[C@H](C(=O)NC[C@@H]2CCCO2)c2ccc3ncccc3c2)c1N. The van der Waals surface area contributed by atoms with E-state index in [0.717, 1.165) is 35.3 Å². The monoisotopic (exact) mass is 530 g/mol. The minimum absolute atomic E-state index is 0.0158. The first-order chi connectivity index (χ1) is 18.4. The van der Waals surface area contributed by atoms with Crippen molar-refractivity contribution in [1.29, 1.82) is 0 Å². The van der Waals surface area contributed by atoms with Crippen molar-refractivity contribution < 1.29 is 19.1 Å². The first kappa shape index (κ1) is 25.3. The van der Waals surface area contributed by atoms with Gasteiger partial charge in [0.2, 0.25) is 5.91 Å². The Bertz CT molecular complexity index is 1490. The van der Waals surface area contributed by atoms with Crippen molar-refractivity contribution in [3.8, 4) is 0 Å². The van der Waals surface area contributed by atoms with Crippen LogP contribution in [0.25, 0.3) is 10.9 Å². The number of benzene rings is 2. The van der Waals surface area contributed by atoms with E-state index in [1.807, 2.05) is 30.3 Å². The predicted octanol–water partition coefficient (Wildman–Crippen LogP) is 3.06. The number of pyridine rings is 1. The van der Waals surface area contributed by atoms with Gasteiger partial charge < -0.3 is 21.5 Å². The molecule has 2 atom stereocenters. The summed E-state index contributed by atoms with van der Waals surface area (Å²) in [6, 6.07) is 16.9. The van der Waals surface area contributed by atoms with Crippen molar-refractivity contribution in [3.05, 3.63) is 83.0 Å². The number of fused-ring (bicyclic) bond motifs is 1. The lowest BCUT2D eigenvalue weighted by Gasteiger charge is -2.31. The number of aromatic nitrogens is 2.